The summed E-state index contributed by atoms with van der Waals surface area (Å²) in [6, 6.07) is 10.3. The first-order chi connectivity index (χ1) is 9.38. The number of benzene rings is 1. The Bertz CT molecular complexity index is 421. The zero-order chi connectivity index (χ0) is 13.1. The number of rotatable bonds is 4. The van der Waals surface area contributed by atoms with Crippen LogP contribution >= 0.6 is 23.5 Å². The molecule has 0 bridgehead atoms. The molecule has 1 N–H and O–H groups in total. The summed E-state index contributed by atoms with van der Waals surface area (Å²) < 4.78 is 0. The van der Waals surface area contributed by atoms with E-state index in [1.807, 2.05) is 0 Å². The Balaban J connectivity index is 1.70. The van der Waals surface area contributed by atoms with Crippen LogP contribution in [-0.4, -0.2) is 22.8 Å². The van der Waals surface area contributed by atoms with Crippen LogP contribution in [0.25, 0.3) is 0 Å². The Labute approximate surface area is 125 Å². The molecule has 1 saturated carbocycles. The van der Waals surface area contributed by atoms with Gasteiger partial charge in [0.05, 0.1) is 0 Å². The van der Waals surface area contributed by atoms with Crippen molar-refractivity contribution in [2.75, 3.05) is 11.5 Å². The van der Waals surface area contributed by atoms with Crippen LogP contribution in [0.2, 0.25) is 0 Å². The lowest BCUT2D eigenvalue weighted by Crippen LogP contribution is -2.39. The van der Waals surface area contributed by atoms with Crippen molar-refractivity contribution in [3.8, 4) is 0 Å². The summed E-state index contributed by atoms with van der Waals surface area (Å²) >= 11 is 4.22. The topological polar surface area (TPSA) is 12.0 Å². The smallest absolute Gasteiger partial charge is 0.0417 e. The molecule has 19 heavy (non-hydrogen) atoms. The molecule has 1 aliphatic heterocycles. The average Bonchev–Trinajstić information content (AvgIpc) is 2.87. The zero-order valence-electron chi connectivity index (χ0n) is 11.6. The predicted molar refractivity (Wildman–Crippen MR) is 88.0 cm³/mol. The fourth-order valence-electron chi connectivity index (χ4n) is 3.31. The number of nitrogens with one attached hydrogen (secondary N) is 1. The molecule has 1 fully saturated rings. The first-order valence-electron chi connectivity index (χ1n) is 7.41. The Kier molecular flexibility index (Phi) is 4.78. The molecule has 1 heterocycles. The Hall–Kier alpha value is -0.120. The minimum absolute atomic E-state index is 0.568. The van der Waals surface area contributed by atoms with Gasteiger partial charge in [0.1, 0.15) is 0 Å². The number of thioether (sulfide) groups is 2. The van der Waals surface area contributed by atoms with Crippen molar-refractivity contribution < 1.29 is 0 Å². The second-order valence-electron chi connectivity index (χ2n) is 5.46. The van der Waals surface area contributed by atoms with Crippen LogP contribution in [0.15, 0.2) is 24.3 Å². The van der Waals surface area contributed by atoms with E-state index in [4.69, 9.17) is 0 Å². The van der Waals surface area contributed by atoms with Gasteiger partial charge in [-0.3, -0.25) is 0 Å². The lowest BCUT2D eigenvalue weighted by atomic mass is 10.0. The molecule has 1 aliphatic carbocycles. The average molecular weight is 294 g/mol. The van der Waals surface area contributed by atoms with E-state index in [1.165, 1.54) is 42.1 Å². The second-order valence-corrected chi connectivity index (χ2v) is 8.01. The summed E-state index contributed by atoms with van der Waals surface area (Å²) in [7, 11) is 0. The maximum absolute atomic E-state index is 3.97. The molecule has 0 aromatic heterocycles. The third-order valence-electron chi connectivity index (χ3n) is 4.22. The molecule has 3 atom stereocenters. The number of hydrogen-bond donors (Lipinski definition) is 1. The Morgan fingerprint density at radius 1 is 1.32 bits per heavy atom. The predicted octanol–water partition coefficient (Wildman–Crippen LogP) is 4.24. The van der Waals surface area contributed by atoms with Crippen molar-refractivity contribution in [2.24, 2.45) is 0 Å². The fourth-order valence-corrected chi connectivity index (χ4v) is 5.63. The molecule has 3 unspecified atom stereocenters. The van der Waals surface area contributed by atoms with E-state index in [9.17, 15) is 0 Å². The van der Waals surface area contributed by atoms with Gasteiger partial charge in [0, 0.05) is 28.8 Å². The van der Waals surface area contributed by atoms with Gasteiger partial charge in [0.25, 0.3) is 0 Å². The molecule has 3 heteroatoms. The largest absolute Gasteiger partial charge is 0.305 e. The van der Waals surface area contributed by atoms with E-state index in [0.717, 1.165) is 11.3 Å². The van der Waals surface area contributed by atoms with Crippen LogP contribution in [-0.2, 0) is 5.75 Å². The first kappa shape index (κ1) is 13.8. The van der Waals surface area contributed by atoms with Crippen molar-refractivity contribution in [1.82, 2.24) is 5.32 Å². The standard InChI is InChI=1S/C16H23NS2/c1-2-19-16-9-5-8-14(16)17-15-11-18-10-12-6-3-4-7-13(12)15/h3-4,6-7,14-17H,2,5,8-11H2,1H3. The zero-order valence-corrected chi connectivity index (χ0v) is 13.2. The minimum Gasteiger partial charge on any atom is -0.305 e. The van der Waals surface area contributed by atoms with Gasteiger partial charge in [0.2, 0.25) is 0 Å². The Morgan fingerprint density at radius 3 is 3.11 bits per heavy atom. The molecule has 3 rings (SSSR count). The summed E-state index contributed by atoms with van der Waals surface area (Å²) in [4.78, 5) is 0. The molecule has 1 nitrogen and oxygen atoms in total. The third kappa shape index (κ3) is 3.14. The van der Waals surface area contributed by atoms with E-state index < -0.39 is 0 Å². The molecule has 2 aliphatic rings. The molecule has 0 radical (unpaired) electrons. The van der Waals surface area contributed by atoms with Gasteiger partial charge in [-0.2, -0.15) is 23.5 Å². The lowest BCUT2D eigenvalue weighted by molar-refractivity contribution is 0.468. The van der Waals surface area contributed by atoms with Gasteiger partial charge in [-0.05, 0) is 29.7 Å². The van der Waals surface area contributed by atoms with Gasteiger partial charge in [-0.1, -0.05) is 37.6 Å². The molecule has 1 aromatic carbocycles. The summed E-state index contributed by atoms with van der Waals surface area (Å²) in [6.45, 7) is 2.28. The highest BCUT2D eigenvalue weighted by Crippen LogP contribution is 2.35. The van der Waals surface area contributed by atoms with Gasteiger partial charge in [0.15, 0.2) is 0 Å². The first-order valence-corrected chi connectivity index (χ1v) is 9.62. The van der Waals surface area contributed by atoms with Gasteiger partial charge in [-0.25, -0.2) is 0 Å². The number of hydrogen-bond acceptors (Lipinski definition) is 3. The summed E-state index contributed by atoms with van der Waals surface area (Å²) in [6.07, 6.45) is 4.16. The molecule has 104 valence electrons. The minimum atomic E-state index is 0.568. The van der Waals surface area contributed by atoms with Crippen molar-refractivity contribution in [3.63, 3.8) is 0 Å². The molecule has 1 aromatic rings. The summed E-state index contributed by atoms with van der Waals surface area (Å²) in [5, 5.41) is 4.80. The van der Waals surface area contributed by atoms with Crippen LogP contribution in [0.5, 0.6) is 0 Å². The molecule has 0 amide bonds. The highest BCUT2D eigenvalue weighted by molar-refractivity contribution is 7.99. The van der Waals surface area contributed by atoms with E-state index >= 15 is 0 Å². The fraction of sp³-hybridized carbons (Fsp3) is 0.625. The van der Waals surface area contributed by atoms with E-state index in [0.29, 0.717) is 6.04 Å². The molecule has 0 spiro atoms. The molecular weight excluding hydrogens is 270 g/mol. The van der Waals surface area contributed by atoms with Gasteiger partial charge < -0.3 is 5.32 Å². The third-order valence-corrected chi connectivity index (χ3v) is 6.63. The monoisotopic (exact) mass is 293 g/mol. The highest BCUT2D eigenvalue weighted by Gasteiger charge is 2.30. The van der Waals surface area contributed by atoms with Crippen molar-refractivity contribution >= 4 is 23.5 Å². The van der Waals surface area contributed by atoms with E-state index in [1.54, 1.807) is 5.56 Å². The van der Waals surface area contributed by atoms with Crippen molar-refractivity contribution in [1.29, 1.82) is 0 Å². The van der Waals surface area contributed by atoms with Crippen molar-refractivity contribution in [3.05, 3.63) is 35.4 Å². The van der Waals surface area contributed by atoms with Crippen LogP contribution in [0.3, 0.4) is 0 Å². The molecular formula is C16H23NS2. The van der Waals surface area contributed by atoms with Gasteiger partial charge in [-0.15, -0.1) is 0 Å². The van der Waals surface area contributed by atoms with Crippen LogP contribution in [0, 0.1) is 0 Å². The van der Waals surface area contributed by atoms with Crippen LogP contribution < -0.4 is 5.32 Å². The summed E-state index contributed by atoms with van der Waals surface area (Å²) in [5.74, 6) is 3.67. The normalized spacial score (nSPS) is 30.3. The number of fused-ring (bicyclic) bond motifs is 1. The SMILES string of the molecule is CCSC1CCCC1NC1CSCc2ccccc21. The van der Waals surface area contributed by atoms with E-state index in [-0.39, 0.29) is 0 Å². The van der Waals surface area contributed by atoms with Gasteiger partial charge >= 0.3 is 0 Å². The highest BCUT2D eigenvalue weighted by atomic mass is 32.2. The Morgan fingerprint density at radius 2 is 2.21 bits per heavy atom. The second kappa shape index (κ2) is 6.55. The molecule has 0 saturated heterocycles. The van der Waals surface area contributed by atoms with Crippen LogP contribution in [0.1, 0.15) is 43.4 Å². The van der Waals surface area contributed by atoms with Crippen LogP contribution in [0.4, 0.5) is 0 Å². The quantitative estimate of drug-likeness (QED) is 0.892. The maximum atomic E-state index is 3.97. The maximum Gasteiger partial charge on any atom is 0.0417 e. The van der Waals surface area contributed by atoms with Crippen molar-refractivity contribution in [2.45, 2.75) is 49.3 Å². The summed E-state index contributed by atoms with van der Waals surface area (Å²) in [5.41, 5.74) is 3.09. The van der Waals surface area contributed by atoms with E-state index in [2.05, 4.69) is 60.0 Å². The lowest BCUT2D eigenvalue weighted by Gasteiger charge is -2.31.